The first-order valence-electron chi connectivity index (χ1n) is 3.59. The molecule has 2 N–H and O–H groups in total. The number of nitrogens with one attached hydrogen (secondary N) is 2. The summed E-state index contributed by atoms with van der Waals surface area (Å²) >= 11 is 4.92. The van der Waals surface area contributed by atoms with Crippen LogP contribution in [0.15, 0.2) is 5.10 Å². The van der Waals surface area contributed by atoms with E-state index in [1.807, 2.05) is 27.7 Å². The zero-order valence-electron chi connectivity index (χ0n) is 7.43. The first-order valence-corrected chi connectivity index (χ1v) is 4.00. The second-order valence-corrected chi connectivity index (χ2v) is 3.21. The van der Waals surface area contributed by atoms with Crippen molar-refractivity contribution in [2.45, 2.75) is 33.7 Å². The smallest absolute Gasteiger partial charge is 0.187 e. The van der Waals surface area contributed by atoms with E-state index >= 15 is 0 Å². The molecule has 4 heteroatoms. The maximum atomic E-state index is 4.92. The average molecular weight is 173 g/mol. The van der Waals surface area contributed by atoms with Crippen LogP contribution in [0.25, 0.3) is 0 Å². The van der Waals surface area contributed by atoms with Gasteiger partial charge in [0.05, 0.1) is 0 Å². The molecule has 64 valence electrons. The van der Waals surface area contributed by atoms with Crippen molar-refractivity contribution in [3.8, 4) is 0 Å². The van der Waals surface area contributed by atoms with Crippen molar-refractivity contribution in [1.82, 2.24) is 10.7 Å². The van der Waals surface area contributed by atoms with Crippen LogP contribution in [0.1, 0.15) is 27.7 Å². The van der Waals surface area contributed by atoms with E-state index < -0.39 is 0 Å². The number of thiocarbonyl (C=S) groups is 1. The molecule has 3 nitrogen and oxygen atoms in total. The minimum atomic E-state index is 0.349. The second kappa shape index (κ2) is 5.07. The highest BCUT2D eigenvalue weighted by molar-refractivity contribution is 7.80. The number of nitrogens with zero attached hydrogens (tertiary/aromatic N) is 1. The topological polar surface area (TPSA) is 36.4 Å². The van der Waals surface area contributed by atoms with Gasteiger partial charge in [-0.15, -0.1) is 0 Å². The molecule has 0 heterocycles. The van der Waals surface area contributed by atoms with Crippen LogP contribution in [-0.4, -0.2) is 16.9 Å². The molecule has 0 aromatic rings. The third-order valence-electron chi connectivity index (χ3n) is 0.801. The standard InChI is InChI=1S/C7H15N3S/c1-5(2)8-7(11)10-9-6(3)4/h5H,1-4H3,(H2,8,10,11). The Kier molecular flexibility index (Phi) is 4.77. The van der Waals surface area contributed by atoms with Crippen LogP contribution in [0.3, 0.4) is 0 Å². The number of rotatable bonds is 2. The monoisotopic (exact) mass is 173 g/mol. The predicted octanol–water partition coefficient (Wildman–Crippen LogP) is 1.25. The molecule has 0 atom stereocenters. The summed E-state index contributed by atoms with van der Waals surface area (Å²) < 4.78 is 0. The van der Waals surface area contributed by atoms with E-state index in [1.54, 1.807) is 0 Å². The van der Waals surface area contributed by atoms with Gasteiger partial charge in [0, 0.05) is 11.8 Å². The van der Waals surface area contributed by atoms with Gasteiger partial charge in [0.1, 0.15) is 0 Å². The SMILES string of the molecule is CC(C)=NNC(=S)NC(C)C. The van der Waals surface area contributed by atoms with E-state index in [9.17, 15) is 0 Å². The Morgan fingerprint density at radius 1 is 1.36 bits per heavy atom. The van der Waals surface area contributed by atoms with E-state index in [0.717, 1.165) is 5.71 Å². The Labute approximate surface area is 73.3 Å². The highest BCUT2D eigenvalue weighted by Gasteiger charge is 1.94. The van der Waals surface area contributed by atoms with E-state index in [-0.39, 0.29) is 0 Å². The van der Waals surface area contributed by atoms with Crippen molar-refractivity contribution in [3.05, 3.63) is 0 Å². The van der Waals surface area contributed by atoms with Crippen LogP contribution in [0.2, 0.25) is 0 Å². The van der Waals surface area contributed by atoms with Gasteiger partial charge in [0.2, 0.25) is 0 Å². The molecule has 0 aromatic carbocycles. The van der Waals surface area contributed by atoms with Crippen molar-refractivity contribution in [2.24, 2.45) is 5.10 Å². The Balaban J connectivity index is 3.62. The summed E-state index contributed by atoms with van der Waals surface area (Å²) in [5.41, 5.74) is 3.68. The van der Waals surface area contributed by atoms with Crippen LogP contribution in [0.5, 0.6) is 0 Å². The van der Waals surface area contributed by atoms with Gasteiger partial charge < -0.3 is 5.32 Å². The highest BCUT2D eigenvalue weighted by Crippen LogP contribution is 1.77. The van der Waals surface area contributed by atoms with Gasteiger partial charge in [-0.25, -0.2) is 0 Å². The molecule has 0 radical (unpaired) electrons. The first kappa shape index (κ1) is 10.4. The molecule has 0 rings (SSSR count). The van der Waals surface area contributed by atoms with Crippen LogP contribution in [-0.2, 0) is 0 Å². The van der Waals surface area contributed by atoms with Crippen molar-refractivity contribution in [3.63, 3.8) is 0 Å². The zero-order chi connectivity index (χ0) is 8.85. The molecule has 0 saturated carbocycles. The third kappa shape index (κ3) is 7.25. The van der Waals surface area contributed by atoms with Crippen molar-refractivity contribution in [1.29, 1.82) is 0 Å². The summed E-state index contributed by atoms with van der Waals surface area (Å²) in [4.78, 5) is 0. The summed E-state index contributed by atoms with van der Waals surface area (Å²) in [5, 5.41) is 7.52. The van der Waals surface area contributed by atoms with Crippen LogP contribution < -0.4 is 10.7 Å². The minimum absolute atomic E-state index is 0.349. The Morgan fingerprint density at radius 2 is 1.91 bits per heavy atom. The summed E-state index contributed by atoms with van der Waals surface area (Å²) in [6.07, 6.45) is 0. The third-order valence-corrected chi connectivity index (χ3v) is 1.01. The summed E-state index contributed by atoms with van der Waals surface area (Å²) in [7, 11) is 0. The molecule has 0 aromatic heterocycles. The van der Waals surface area contributed by atoms with Crippen LogP contribution in [0, 0.1) is 0 Å². The number of hydrogen-bond donors (Lipinski definition) is 2. The lowest BCUT2D eigenvalue weighted by atomic mass is 10.4. The normalized spacial score (nSPS) is 9.18. The second-order valence-electron chi connectivity index (χ2n) is 2.80. The first-order chi connectivity index (χ1) is 5.02. The molecule has 0 aliphatic rings. The van der Waals surface area contributed by atoms with Gasteiger partial charge in [-0.3, -0.25) is 5.43 Å². The quantitative estimate of drug-likeness (QED) is 0.375. The fraction of sp³-hybridized carbons (Fsp3) is 0.714. The Morgan fingerprint density at radius 3 is 2.27 bits per heavy atom. The maximum Gasteiger partial charge on any atom is 0.187 e. The Bertz CT molecular complexity index is 159. The lowest BCUT2D eigenvalue weighted by Gasteiger charge is -2.09. The van der Waals surface area contributed by atoms with E-state index in [0.29, 0.717) is 11.2 Å². The number of hydrazone groups is 1. The average Bonchev–Trinajstić information content (AvgIpc) is 1.82. The Hall–Kier alpha value is -0.640. The van der Waals surface area contributed by atoms with E-state index in [1.165, 1.54) is 0 Å². The van der Waals surface area contributed by atoms with Gasteiger partial charge in [-0.05, 0) is 39.9 Å². The van der Waals surface area contributed by atoms with Crippen LogP contribution >= 0.6 is 12.2 Å². The molecule has 0 amide bonds. The fourth-order valence-electron chi connectivity index (χ4n) is 0.457. The summed E-state index contributed by atoms with van der Waals surface area (Å²) in [5.74, 6) is 0. The lowest BCUT2D eigenvalue weighted by Crippen LogP contribution is -2.36. The lowest BCUT2D eigenvalue weighted by molar-refractivity contribution is 0.719. The molecular weight excluding hydrogens is 158 g/mol. The van der Waals surface area contributed by atoms with Crippen molar-refractivity contribution < 1.29 is 0 Å². The van der Waals surface area contributed by atoms with E-state index in [2.05, 4.69) is 15.8 Å². The van der Waals surface area contributed by atoms with Crippen LogP contribution in [0.4, 0.5) is 0 Å². The van der Waals surface area contributed by atoms with Gasteiger partial charge in [0.15, 0.2) is 5.11 Å². The van der Waals surface area contributed by atoms with Gasteiger partial charge in [-0.2, -0.15) is 5.10 Å². The number of hydrogen-bond acceptors (Lipinski definition) is 2. The predicted molar refractivity (Wildman–Crippen MR) is 52.8 cm³/mol. The van der Waals surface area contributed by atoms with Crippen molar-refractivity contribution in [2.75, 3.05) is 0 Å². The molecule has 0 saturated heterocycles. The van der Waals surface area contributed by atoms with E-state index in [4.69, 9.17) is 12.2 Å². The minimum Gasteiger partial charge on any atom is -0.359 e. The molecule has 0 bridgehead atoms. The molecule has 11 heavy (non-hydrogen) atoms. The molecule has 0 unspecified atom stereocenters. The fourth-order valence-corrected chi connectivity index (χ4v) is 0.738. The van der Waals surface area contributed by atoms with Crippen molar-refractivity contribution >= 4 is 23.0 Å². The van der Waals surface area contributed by atoms with Gasteiger partial charge >= 0.3 is 0 Å². The maximum absolute atomic E-state index is 4.92. The molecule has 0 aliphatic carbocycles. The van der Waals surface area contributed by atoms with Gasteiger partial charge in [-0.1, -0.05) is 0 Å². The zero-order valence-corrected chi connectivity index (χ0v) is 8.25. The summed E-state index contributed by atoms with van der Waals surface area (Å²) in [6, 6.07) is 0.349. The van der Waals surface area contributed by atoms with Gasteiger partial charge in [0.25, 0.3) is 0 Å². The molecular formula is C7H15N3S. The summed E-state index contributed by atoms with van der Waals surface area (Å²) in [6.45, 7) is 7.86. The highest BCUT2D eigenvalue weighted by atomic mass is 32.1. The molecule has 0 fully saturated rings. The molecule has 0 spiro atoms. The molecule has 0 aliphatic heterocycles. The largest absolute Gasteiger partial charge is 0.359 e.